The van der Waals surface area contributed by atoms with E-state index in [2.05, 4.69) is 11.0 Å². The lowest BCUT2D eigenvalue weighted by Gasteiger charge is -2.39. The van der Waals surface area contributed by atoms with Crippen LogP contribution < -0.4 is 0 Å². The fraction of sp³-hybridized carbons (Fsp3) is 0.636. The zero-order valence-electron chi connectivity index (χ0n) is 7.78. The summed E-state index contributed by atoms with van der Waals surface area (Å²) in [5.41, 5.74) is 1.31. The van der Waals surface area contributed by atoms with E-state index in [9.17, 15) is 0 Å². The lowest BCUT2D eigenvalue weighted by molar-refractivity contribution is 0.0774. The predicted molar refractivity (Wildman–Crippen MR) is 50.2 cm³/mol. The van der Waals surface area contributed by atoms with Crippen molar-refractivity contribution in [1.29, 1.82) is 0 Å². The van der Waals surface area contributed by atoms with Crippen LogP contribution in [0.1, 0.15) is 18.4 Å². The highest BCUT2D eigenvalue weighted by Crippen LogP contribution is 2.41. The molecule has 0 N–H and O–H groups in total. The Balaban J connectivity index is 1.49. The first-order valence-electron chi connectivity index (χ1n) is 5.15. The minimum Gasteiger partial charge on any atom is -0.472 e. The Morgan fingerprint density at radius 3 is 2.77 bits per heavy atom. The van der Waals surface area contributed by atoms with Crippen LogP contribution >= 0.6 is 0 Å². The van der Waals surface area contributed by atoms with Crippen molar-refractivity contribution < 1.29 is 4.42 Å². The lowest BCUT2D eigenvalue weighted by Crippen LogP contribution is -2.46. The van der Waals surface area contributed by atoms with Crippen LogP contribution in [-0.2, 0) is 6.54 Å². The Labute approximate surface area is 78.5 Å². The van der Waals surface area contributed by atoms with Gasteiger partial charge in [0.25, 0.3) is 0 Å². The van der Waals surface area contributed by atoms with Gasteiger partial charge < -0.3 is 4.42 Å². The quantitative estimate of drug-likeness (QED) is 0.703. The molecule has 0 aromatic carbocycles. The van der Waals surface area contributed by atoms with E-state index in [0.717, 1.165) is 18.4 Å². The topological polar surface area (TPSA) is 16.4 Å². The second kappa shape index (κ2) is 2.88. The third kappa shape index (κ3) is 1.51. The molecular formula is C11H15NO. The molecule has 1 saturated heterocycles. The van der Waals surface area contributed by atoms with Gasteiger partial charge in [0.05, 0.1) is 12.5 Å². The van der Waals surface area contributed by atoms with Gasteiger partial charge in [-0.25, -0.2) is 0 Å². The van der Waals surface area contributed by atoms with E-state index < -0.39 is 0 Å². The summed E-state index contributed by atoms with van der Waals surface area (Å²) in [6.07, 6.45) is 6.59. The molecule has 1 saturated carbocycles. The van der Waals surface area contributed by atoms with Crippen molar-refractivity contribution in [2.24, 2.45) is 11.8 Å². The largest absolute Gasteiger partial charge is 0.472 e. The third-order valence-corrected chi connectivity index (χ3v) is 3.26. The Kier molecular flexibility index (Phi) is 1.69. The minimum atomic E-state index is 1.02. The van der Waals surface area contributed by atoms with Gasteiger partial charge in [-0.15, -0.1) is 0 Å². The van der Waals surface area contributed by atoms with Gasteiger partial charge in [-0.2, -0.15) is 0 Å². The van der Waals surface area contributed by atoms with E-state index in [1.54, 1.807) is 6.26 Å². The zero-order valence-corrected chi connectivity index (χ0v) is 7.78. The first-order chi connectivity index (χ1) is 6.42. The van der Waals surface area contributed by atoms with E-state index in [0.29, 0.717) is 0 Å². The molecule has 0 unspecified atom stereocenters. The summed E-state index contributed by atoms with van der Waals surface area (Å²) in [4.78, 5) is 2.51. The maximum absolute atomic E-state index is 5.04. The summed E-state index contributed by atoms with van der Waals surface area (Å²) in [6, 6.07) is 2.06. The molecule has 1 aromatic rings. The van der Waals surface area contributed by atoms with Crippen molar-refractivity contribution in [2.45, 2.75) is 19.4 Å². The first-order valence-corrected chi connectivity index (χ1v) is 5.15. The van der Waals surface area contributed by atoms with Gasteiger partial charge in [0.1, 0.15) is 0 Å². The van der Waals surface area contributed by atoms with Crippen LogP contribution in [0.3, 0.4) is 0 Å². The Hall–Kier alpha value is -0.760. The number of hydrogen-bond acceptors (Lipinski definition) is 2. The van der Waals surface area contributed by atoms with Gasteiger partial charge in [0, 0.05) is 25.2 Å². The molecule has 1 aliphatic heterocycles. The summed E-state index contributed by atoms with van der Waals surface area (Å²) < 4.78 is 5.04. The van der Waals surface area contributed by atoms with Crippen LogP contribution in [0.2, 0.25) is 0 Å². The second-order valence-corrected chi connectivity index (χ2v) is 4.42. The third-order valence-electron chi connectivity index (χ3n) is 3.26. The maximum Gasteiger partial charge on any atom is 0.0947 e. The molecule has 0 atom stereocenters. The molecule has 13 heavy (non-hydrogen) atoms. The smallest absolute Gasteiger partial charge is 0.0947 e. The van der Waals surface area contributed by atoms with Crippen LogP contribution in [-0.4, -0.2) is 18.0 Å². The Morgan fingerprint density at radius 1 is 1.31 bits per heavy atom. The van der Waals surface area contributed by atoms with Crippen LogP contribution in [0, 0.1) is 11.8 Å². The molecule has 2 nitrogen and oxygen atoms in total. The van der Waals surface area contributed by atoms with Gasteiger partial charge in [-0.05, 0) is 30.7 Å². The second-order valence-electron chi connectivity index (χ2n) is 4.42. The molecule has 2 heteroatoms. The van der Waals surface area contributed by atoms with E-state index in [1.807, 2.05) is 6.26 Å². The summed E-state index contributed by atoms with van der Waals surface area (Å²) in [5.74, 6) is 2.10. The summed E-state index contributed by atoms with van der Waals surface area (Å²) in [6.45, 7) is 3.71. The monoisotopic (exact) mass is 177 g/mol. The van der Waals surface area contributed by atoms with Gasteiger partial charge in [0.2, 0.25) is 0 Å². The number of likely N-dealkylation sites (tertiary alicyclic amines) is 1. The fourth-order valence-corrected chi connectivity index (χ4v) is 2.25. The lowest BCUT2D eigenvalue weighted by atomic mass is 9.94. The van der Waals surface area contributed by atoms with Crippen molar-refractivity contribution in [3.8, 4) is 0 Å². The van der Waals surface area contributed by atoms with E-state index >= 15 is 0 Å². The van der Waals surface area contributed by atoms with Crippen LogP contribution in [0.15, 0.2) is 23.0 Å². The molecule has 2 aliphatic rings. The molecule has 3 rings (SSSR count). The van der Waals surface area contributed by atoms with E-state index in [-0.39, 0.29) is 0 Å². The summed E-state index contributed by atoms with van der Waals surface area (Å²) in [7, 11) is 0. The molecule has 0 radical (unpaired) electrons. The van der Waals surface area contributed by atoms with Gasteiger partial charge >= 0.3 is 0 Å². The maximum atomic E-state index is 5.04. The van der Waals surface area contributed by atoms with E-state index in [4.69, 9.17) is 4.42 Å². The predicted octanol–water partition coefficient (Wildman–Crippen LogP) is 2.12. The number of nitrogens with zero attached hydrogens (tertiary/aromatic N) is 1. The van der Waals surface area contributed by atoms with Gasteiger partial charge in [-0.1, -0.05) is 0 Å². The molecule has 1 aliphatic carbocycles. The highest BCUT2D eigenvalue weighted by molar-refractivity contribution is 5.06. The molecule has 1 aromatic heterocycles. The van der Waals surface area contributed by atoms with Crippen molar-refractivity contribution >= 4 is 0 Å². The fourth-order valence-electron chi connectivity index (χ4n) is 2.25. The van der Waals surface area contributed by atoms with Crippen molar-refractivity contribution in [3.63, 3.8) is 0 Å². The Bertz CT molecular complexity index is 270. The first kappa shape index (κ1) is 7.63. The van der Waals surface area contributed by atoms with E-state index in [1.165, 1.54) is 31.5 Å². The zero-order chi connectivity index (χ0) is 8.67. The Morgan fingerprint density at radius 2 is 2.15 bits per heavy atom. The van der Waals surface area contributed by atoms with Crippen molar-refractivity contribution in [2.75, 3.05) is 13.1 Å². The van der Waals surface area contributed by atoms with Gasteiger partial charge in [0.15, 0.2) is 0 Å². The van der Waals surface area contributed by atoms with Crippen LogP contribution in [0.25, 0.3) is 0 Å². The molecule has 0 amide bonds. The summed E-state index contributed by atoms with van der Waals surface area (Å²) >= 11 is 0. The van der Waals surface area contributed by atoms with Crippen molar-refractivity contribution in [3.05, 3.63) is 24.2 Å². The normalized spacial score (nSPS) is 24.6. The molecular weight excluding hydrogens is 162 g/mol. The van der Waals surface area contributed by atoms with Crippen LogP contribution in [0.4, 0.5) is 0 Å². The average Bonchev–Trinajstić information content (AvgIpc) is 2.75. The number of furan rings is 1. The highest BCUT2D eigenvalue weighted by atomic mass is 16.3. The number of rotatable bonds is 3. The molecule has 2 fully saturated rings. The van der Waals surface area contributed by atoms with Gasteiger partial charge in [-0.3, -0.25) is 4.90 Å². The number of hydrogen-bond donors (Lipinski definition) is 0. The molecule has 0 bridgehead atoms. The average molecular weight is 177 g/mol. The summed E-state index contributed by atoms with van der Waals surface area (Å²) in [5, 5.41) is 0. The van der Waals surface area contributed by atoms with Crippen LogP contribution in [0.5, 0.6) is 0 Å². The molecule has 70 valence electrons. The molecule has 2 heterocycles. The van der Waals surface area contributed by atoms with Crippen molar-refractivity contribution in [1.82, 2.24) is 4.90 Å². The minimum absolute atomic E-state index is 1.02. The standard InChI is InChI=1S/C11H15NO/c1-2-10(1)11-6-12(7-11)5-9-3-4-13-8-9/h3-4,8,10-11H,1-2,5-7H2. The highest BCUT2D eigenvalue weighted by Gasteiger charge is 2.38. The SMILES string of the molecule is c1cc(CN2CC(C3CC3)C2)co1. The molecule has 0 spiro atoms.